The molecule has 0 saturated heterocycles. The molecule has 0 heterocycles. The molecule has 0 aromatic heterocycles. The maximum absolute atomic E-state index is 11.3. The van der Waals surface area contributed by atoms with Gasteiger partial charge in [-0.05, 0) is 12.8 Å². The molecule has 0 bridgehead atoms. The SMILES string of the molecule is CC(C)C(=O)CCCCCCCCCS(=O)(=O)[O-].[Na+]. The summed E-state index contributed by atoms with van der Waals surface area (Å²) in [6.45, 7) is 3.85. The van der Waals surface area contributed by atoms with Gasteiger partial charge in [0, 0.05) is 18.1 Å². The molecule has 6 heteroatoms. The smallest absolute Gasteiger partial charge is 0.748 e. The number of ketones is 1. The molecule has 0 aromatic rings. The van der Waals surface area contributed by atoms with Crippen molar-refractivity contribution in [3.05, 3.63) is 0 Å². The number of hydrogen-bond acceptors (Lipinski definition) is 4. The number of unbranched alkanes of at least 4 members (excludes halogenated alkanes) is 6. The average Bonchev–Trinajstić information content (AvgIpc) is 2.24. The standard InChI is InChI=1S/C13H26O4S.Na/c1-12(2)13(14)10-8-6-4-3-5-7-9-11-18(15,16)17;/h12H,3-11H2,1-2H3,(H,15,16,17);/q;+1/p-1. The van der Waals surface area contributed by atoms with Crippen molar-refractivity contribution in [2.45, 2.75) is 65.2 Å². The molecule has 0 radical (unpaired) electrons. The number of rotatable bonds is 11. The monoisotopic (exact) mass is 300 g/mol. The molecule has 0 aliphatic rings. The molecule has 0 N–H and O–H groups in total. The number of hydrogen-bond donors (Lipinski definition) is 0. The summed E-state index contributed by atoms with van der Waals surface area (Å²) in [5.41, 5.74) is 0. The van der Waals surface area contributed by atoms with Gasteiger partial charge >= 0.3 is 29.6 Å². The minimum absolute atomic E-state index is 0. The van der Waals surface area contributed by atoms with Gasteiger partial charge < -0.3 is 4.55 Å². The first-order chi connectivity index (χ1) is 8.33. The number of carbonyl (C=O) groups is 1. The van der Waals surface area contributed by atoms with Crippen LogP contribution in [0.5, 0.6) is 0 Å². The molecule has 0 amide bonds. The third kappa shape index (κ3) is 16.5. The van der Waals surface area contributed by atoms with E-state index >= 15 is 0 Å². The van der Waals surface area contributed by atoms with Crippen molar-refractivity contribution in [3.63, 3.8) is 0 Å². The summed E-state index contributed by atoms with van der Waals surface area (Å²) in [7, 11) is -4.03. The minimum atomic E-state index is -4.03. The number of Topliss-reactive ketones (excluding diaryl/α,β-unsaturated/α-hetero) is 1. The van der Waals surface area contributed by atoms with Gasteiger partial charge in [-0.15, -0.1) is 0 Å². The predicted molar refractivity (Wildman–Crippen MR) is 71.3 cm³/mol. The second-order valence-electron chi connectivity index (χ2n) is 5.11. The van der Waals surface area contributed by atoms with Crippen molar-refractivity contribution in [1.82, 2.24) is 0 Å². The van der Waals surface area contributed by atoms with Crippen LogP contribution in [0.2, 0.25) is 0 Å². The van der Waals surface area contributed by atoms with Crippen molar-refractivity contribution in [1.29, 1.82) is 0 Å². The molecule has 0 spiro atoms. The van der Waals surface area contributed by atoms with Crippen LogP contribution in [0, 0.1) is 5.92 Å². The molecule has 4 nitrogen and oxygen atoms in total. The van der Waals surface area contributed by atoms with Crippen LogP contribution in [0.25, 0.3) is 0 Å². The van der Waals surface area contributed by atoms with Crippen molar-refractivity contribution >= 4 is 15.9 Å². The van der Waals surface area contributed by atoms with E-state index in [1.54, 1.807) is 0 Å². The fourth-order valence-electron chi connectivity index (χ4n) is 1.75. The summed E-state index contributed by atoms with van der Waals surface area (Å²) in [5.74, 6) is 0.227. The molecule has 0 aliphatic carbocycles. The molecule has 19 heavy (non-hydrogen) atoms. The fraction of sp³-hybridized carbons (Fsp3) is 0.923. The van der Waals surface area contributed by atoms with Crippen LogP contribution in [-0.4, -0.2) is 24.5 Å². The van der Waals surface area contributed by atoms with Crippen LogP contribution in [0.1, 0.15) is 65.2 Å². The van der Waals surface area contributed by atoms with Gasteiger partial charge in [-0.3, -0.25) is 4.79 Å². The van der Waals surface area contributed by atoms with Gasteiger partial charge in [0.1, 0.15) is 5.78 Å². The summed E-state index contributed by atoms with van der Waals surface area (Å²) in [6, 6.07) is 0. The second-order valence-corrected chi connectivity index (χ2v) is 6.63. The van der Waals surface area contributed by atoms with E-state index in [4.69, 9.17) is 0 Å². The van der Waals surface area contributed by atoms with E-state index in [1.165, 1.54) is 0 Å². The van der Waals surface area contributed by atoms with Crippen molar-refractivity contribution in [2.24, 2.45) is 5.92 Å². The Labute approximate surface area is 139 Å². The van der Waals surface area contributed by atoms with Gasteiger partial charge in [0.05, 0.1) is 10.1 Å². The molecule has 0 aromatic carbocycles. The van der Waals surface area contributed by atoms with E-state index in [0.717, 1.165) is 38.5 Å². The zero-order valence-electron chi connectivity index (χ0n) is 12.5. The maximum Gasteiger partial charge on any atom is 1.00 e. The molecule has 0 aliphatic heterocycles. The Morgan fingerprint density at radius 3 is 1.79 bits per heavy atom. The van der Waals surface area contributed by atoms with Gasteiger partial charge in [-0.1, -0.05) is 46.0 Å². The summed E-state index contributed by atoms with van der Waals surface area (Å²) in [4.78, 5) is 11.3. The zero-order valence-corrected chi connectivity index (χ0v) is 15.3. The van der Waals surface area contributed by atoms with Crippen LogP contribution in [0.3, 0.4) is 0 Å². The number of carbonyl (C=O) groups excluding carboxylic acids is 1. The molecule has 0 atom stereocenters. The molecule has 0 unspecified atom stereocenters. The van der Waals surface area contributed by atoms with Crippen molar-refractivity contribution in [2.75, 3.05) is 5.75 Å². The van der Waals surface area contributed by atoms with E-state index in [2.05, 4.69) is 0 Å². The van der Waals surface area contributed by atoms with Crippen molar-refractivity contribution in [3.8, 4) is 0 Å². The summed E-state index contributed by atoms with van der Waals surface area (Å²) in [6.07, 6.45) is 7.04. The molecular weight excluding hydrogens is 275 g/mol. The van der Waals surface area contributed by atoms with Gasteiger partial charge in [0.25, 0.3) is 0 Å². The zero-order chi connectivity index (χ0) is 14.0. The Kier molecular flexibility index (Phi) is 14.2. The minimum Gasteiger partial charge on any atom is -0.748 e. The summed E-state index contributed by atoms with van der Waals surface area (Å²) < 4.78 is 31.0. The Morgan fingerprint density at radius 1 is 0.947 bits per heavy atom. The van der Waals surface area contributed by atoms with Crippen LogP contribution >= 0.6 is 0 Å². The second kappa shape index (κ2) is 12.3. The molecule has 0 saturated carbocycles. The summed E-state index contributed by atoms with van der Waals surface area (Å²) in [5, 5.41) is 0. The first-order valence-corrected chi connectivity index (χ1v) is 8.37. The molecular formula is C13H25NaO4S. The average molecular weight is 300 g/mol. The van der Waals surface area contributed by atoms with Gasteiger partial charge in [0.15, 0.2) is 0 Å². The van der Waals surface area contributed by atoms with Gasteiger partial charge in [-0.25, -0.2) is 8.42 Å². The normalized spacial score (nSPS) is 11.4. The van der Waals surface area contributed by atoms with E-state index in [0.29, 0.717) is 18.6 Å². The van der Waals surface area contributed by atoms with Crippen LogP contribution in [-0.2, 0) is 14.9 Å². The van der Waals surface area contributed by atoms with Crippen LogP contribution in [0.15, 0.2) is 0 Å². The van der Waals surface area contributed by atoms with Crippen molar-refractivity contribution < 1.29 is 47.3 Å². The quantitative estimate of drug-likeness (QED) is 0.303. The van der Waals surface area contributed by atoms with E-state index in [-0.39, 0.29) is 41.2 Å². The first kappa shape index (κ1) is 21.9. The van der Waals surface area contributed by atoms with Gasteiger partial charge in [0.2, 0.25) is 0 Å². The summed E-state index contributed by atoms with van der Waals surface area (Å²) >= 11 is 0. The fourth-order valence-corrected chi connectivity index (χ4v) is 2.31. The Hall–Kier alpha value is 0.580. The van der Waals surface area contributed by atoms with Crippen LogP contribution < -0.4 is 29.6 Å². The van der Waals surface area contributed by atoms with E-state index < -0.39 is 10.1 Å². The van der Waals surface area contributed by atoms with E-state index in [9.17, 15) is 17.8 Å². The van der Waals surface area contributed by atoms with E-state index in [1.807, 2.05) is 13.8 Å². The molecule has 108 valence electrons. The molecule has 0 rings (SSSR count). The Balaban J connectivity index is 0. The van der Waals surface area contributed by atoms with Gasteiger partial charge in [-0.2, -0.15) is 0 Å². The Morgan fingerprint density at radius 2 is 1.37 bits per heavy atom. The Bertz CT molecular complexity index is 326. The molecule has 0 fully saturated rings. The third-order valence-corrected chi connectivity index (χ3v) is 3.75. The predicted octanol–water partition coefficient (Wildman–Crippen LogP) is -0.118. The maximum atomic E-state index is 11.3. The third-order valence-electron chi connectivity index (χ3n) is 2.96. The topological polar surface area (TPSA) is 74.3 Å². The largest absolute Gasteiger partial charge is 1.00 e. The first-order valence-electron chi connectivity index (χ1n) is 6.79. The van der Waals surface area contributed by atoms with Crippen LogP contribution in [0.4, 0.5) is 0 Å².